The third kappa shape index (κ3) is 3.74. The number of halogens is 2. The molecule has 1 aromatic carbocycles. The third-order valence-corrected chi connectivity index (χ3v) is 3.63. The van der Waals surface area contributed by atoms with Crippen LogP contribution in [0.3, 0.4) is 0 Å². The molecule has 0 saturated heterocycles. The molecule has 0 aliphatic carbocycles. The normalized spacial score (nSPS) is 13.2. The molecule has 1 atom stereocenters. The van der Waals surface area contributed by atoms with Gasteiger partial charge >= 0.3 is 5.97 Å². The number of carboxylic acid groups (broad SMARTS) is 1. The molecule has 0 spiro atoms. The summed E-state index contributed by atoms with van der Waals surface area (Å²) in [6.07, 6.45) is 1.62. The summed E-state index contributed by atoms with van der Waals surface area (Å²) < 4.78 is 27.0. The topological polar surface area (TPSA) is 63.3 Å². The van der Waals surface area contributed by atoms with E-state index >= 15 is 0 Å². The van der Waals surface area contributed by atoms with Crippen molar-refractivity contribution in [2.24, 2.45) is 5.73 Å². The molecule has 3 nitrogen and oxygen atoms in total. The zero-order valence-electron chi connectivity index (χ0n) is 10.9. The smallest absolute Gasteiger partial charge is 0.320 e. The Morgan fingerprint density at radius 2 is 2.14 bits per heavy atom. The summed E-state index contributed by atoms with van der Waals surface area (Å²) in [7, 11) is 0. The molecule has 0 aliphatic rings. The van der Waals surface area contributed by atoms with Gasteiger partial charge < -0.3 is 10.8 Å². The number of hydrogen-bond donors (Lipinski definition) is 2. The fourth-order valence-corrected chi connectivity index (χ4v) is 2.51. The number of aliphatic carboxylic acids is 1. The summed E-state index contributed by atoms with van der Waals surface area (Å²) in [4.78, 5) is 10.8. The quantitative estimate of drug-likeness (QED) is 0.891. The van der Waals surface area contributed by atoms with Crippen molar-refractivity contribution in [1.29, 1.82) is 0 Å². The van der Waals surface area contributed by atoms with E-state index in [2.05, 4.69) is 0 Å². The predicted octanol–water partition coefficient (Wildman–Crippen LogP) is 3.26. The summed E-state index contributed by atoms with van der Waals surface area (Å²) in [5, 5.41) is 12.4. The summed E-state index contributed by atoms with van der Waals surface area (Å²) in [6, 6.07) is 4.01. The van der Waals surface area contributed by atoms with Gasteiger partial charge in [0.15, 0.2) is 0 Å². The van der Waals surface area contributed by atoms with Crippen LogP contribution < -0.4 is 5.73 Å². The molecule has 3 N–H and O–H groups in total. The zero-order valence-corrected chi connectivity index (χ0v) is 11.7. The van der Waals surface area contributed by atoms with Crippen LogP contribution in [-0.2, 0) is 4.79 Å². The molecular formula is C15H13F2NO2S. The molecule has 0 bridgehead atoms. The van der Waals surface area contributed by atoms with E-state index < -0.39 is 23.6 Å². The molecule has 0 amide bonds. The number of thiophene rings is 1. The Kier molecular flexibility index (Phi) is 4.82. The molecule has 110 valence electrons. The average Bonchev–Trinajstić information content (AvgIpc) is 2.94. The van der Waals surface area contributed by atoms with Gasteiger partial charge in [-0.3, -0.25) is 4.79 Å². The molecule has 1 aromatic heterocycles. The highest BCUT2D eigenvalue weighted by Gasteiger charge is 2.14. The lowest BCUT2D eigenvalue weighted by Gasteiger charge is -2.09. The van der Waals surface area contributed by atoms with Gasteiger partial charge in [-0.15, -0.1) is 0 Å². The van der Waals surface area contributed by atoms with Gasteiger partial charge in [0, 0.05) is 11.6 Å². The number of rotatable bonds is 5. The van der Waals surface area contributed by atoms with Crippen LogP contribution in [0.25, 0.3) is 5.57 Å². The first-order chi connectivity index (χ1) is 9.99. The Bertz CT molecular complexity index is 668. The first kappa shape index (κ1) is 15.3. The van der Waals surface area contributed by atoms with Crippen LogP contribution in [0.4, 0.5) is 8.78 Å². The summed E-state index contributed by atoms with van der Waals surface area (Å²) in [5.74, 6) is -2.49. The van der Waals surface area contributed by atoms with Crippen LogP contribution in [0, 0.1) is 11.6 Å². The van der Waals surface area contributed by atoms with Crippen molar-refractivity contribution in [3.63, 3.8) is 0 Å². The number of nitrogens with two attached hydrogens (primary N) is 1. The Balaban J connectivity index is 2.42. The minimum atomic E-state index is -1.13. The van der Waals surface area contributed by atoms with Crippen LogP contribution in [0.2, 0.25) is 0 Å². The van der Waals surface area contributed by atoms with Gasteiger partial charge in [0.1, 0.15) is 17.7 Å². The lowest BCUT2D eigenvalue weighted by molar-refractivity contribution is -0.138. The van der Waals surface area contributed by atoms with Gasteiger partial charge in [0.2, 0.25) is 0 Å². The fraction of sp³-hybridized carbons (Fsp3) is 0.133. The zero-order chi connectivity index (χ0) is 15.4. The number of hydrogen-bond acceptors (Lipinski definition) is 3. The lowest BCUT2D eigenvalue weighted by atomic mass is 9.97. The predicted molar refractivity (Wildman–Crippen MR) is 78.0 cm³/mol. The highest BCUT2D eigenvalue weighted by atomic mass is 32.1. The van der Waals surface area contributed by atoms with Gasteiger partial charge in [0.25, 0.3) is 0 Å². The molecule has 21 heavy (non-hydrogen) atoms. The first-order valence-corrected chi connectivity index (χ1v) is 7.10. The molecular weight excluding hydrogens is 296 g/mol. The summed E-state index contributed by atoms with van der Waals surface area (Å²) in [6.45, 7) is 0. The lowest BCUT2D eigenvalue weighted by Crippen LogP contribution is -2.29. The van der Waals surface area contributed by atoms with E-state index in [1.165, 1.54) is 17.4 Å². The van der Waals surface area contributed by atoms with E-state index in [0.717, 1.165) is 17.7 Å². The van der Waals surface area contributed by atoms with E-state index in [1.807, 2.05) is 5.38 Å². The van der Waals surface area contributed by atoms with Gasteiger partial charge in [-0.2, -0.15) is 11.3 Å². The maximum Gasteiger partial charge on any atom is 0.320 e. The monoisotopic (exact) mass is 309 g/mol. The van der Waals surface area contributed by atoms with Crippen molar-refractivity contribution < 1.29 is 18.7 Å². The molecule has 1 unspecified atom stereocenters. The van der Waals surface area contributed by atoms with Crippen molar-refractivity contribution in [3.05, 3.63) is 63.9 Å². The van der Waals surface area contributed by atoms with Crippen molar-refractivity contribution in [3.8, 4) is 0 Å². The van der Waals surface area contributed by atoms with E-state index in [1.54, 1.807) is 17.5 Å². The van der Waals surface area contributed by atoms with Crippen LogP contribution in [0.1, 0.15) is 17.5 Å². The van der Waals surface area contributed by atoms with Crippen LogP contribution >= 0.6 is 11.3 Å². The Hall–Kier alpha value is -2.05. The van der Waals surface area contributed by atoms with Crippen LogP contribution in [0.5, 0.6) is 0 Å². The van der Waals surface area contributed by atoms with Crippen LogP contribution in [0.15, 0.2) is 41.1 Å². The molecule has 2 rings (SSSR count). The molecule has 1 heterocycles. The second-order valence-electron chi connectivity index (χ2n) is 4.43. The Labute approximate surface area is 124 Å². The van der Waals surface area contributed by atoms with Crippen molar-refractivity contribution in [2.45, 2.75) is 12.5 Å². The standard InChI is InChI=1S/C15H13F2NO2S/c16-10-1-2-12(13(17)7-10)11(9-5-6-21-8-9)3-4-14(18)15(19)20/h1-3,5-8,14H,4,18H2,(H,19,20)/b11-3-. The molecule has 0 radical (unpaired) electrons. The van der Waals surface area contributed by atoms with Gasteiger partial charge in [0.05, 0.1) is 0 Å². The van der Waals surface area contributed by atoms with Crippen molar-refractivity contribution >= 4 is 22.9 Å². The van der Waals surface area contributed by atoms with Crippen molar-refractivity contribution in [2.75, 3.05) is 0 Å². The summed E-state index contributed by atoms with van der Waals surface area (Å²) in [5.41, 5.74) is 6.92. The molecule has 0 aliphatic heterocycles. The van der Waals surface area contributed by atoms with E-state index in [9.17, 15) is 13.6 Å². The fourth-order valence-electron chi connectivity index (χ4n) is 1.85. The van der Waals surface area contributed by atoms with E-state index in [0.29, 0.717) is 5.57 Å². The Morgan fingerprint density at radius 1 is 1.38 bits per heavy atom. The molecule has 6 heteroatoms. The van der Waals surface area contributed by atoms with Gasteiger partial charge in [-0.05, 0) is 46.5 Å². The second kappa shape index (κ2) is 6.60. The second-order valence-corrected chi connectivity index (χ2v) is 5.21. The molecule has 0 fully saturated rings. The molecule has 0 saturated carbocycles. The minimum absolute atomic E-state index is 0.0529. The van der Waals surface area contributed by atoms with E-state index in [-0.39, 0.29) is 12.0 Å². The minimum Gasteiger partial charge on any atom is -0.480 e. The SMILES string of the molecule is NC(C/C=C(/c1ccsc1)c1ccc(F)cc1F)C(=O)O. The summed E-state index contributed by atoms with van der Waals surface area (Å²) >= 11 is 1.43. The number of benzene rings is 1. The Morgan fingerprint density at radius 3 is 2.71 bits per heavy atom. The third-order valence-electron chi connectivity index (χ3n) is 2.95. The average molecular weight is 309 g/mol. The van der Waals surface area contributed by atoms with E-state index in [4.69, 9.17) is 10.8 Å². The van der Waals surface area contributed by atoms with Crippen molar-refractivity contribution in [1.82, 2.24) is 0 Å². The highest BCUT2D eigenvalue weighted by molar-refractivity contribution is 7.08. The van der Waals surface area contributed by atoms with Crippen LogP contribution in [-0.4, -0.2) is 17.1 Å². The highest BCUT2D eigenvalue weighted by Crippen LogP contribution is 2.28. The molecule has 2 aromatic rings. The van der Waals surface area contributed by atoms with Gasteiger partial charge in [-0.25, -0.2) is 8.78 Å². The maximum atomic E-state index is 14.0. The maximum absolute atomic E-state index is 14.0. The number of carboxylic acids is 1. The van der Waals surface area contributed by atoms with Gasteiger partial charge in [-0.1, -0.05) is 6.08 Å². The first-order valence-electron chi connectivity index (χ1n) is 6.15. The largest absolute Gasteiger partial charge is 0.480 e. The number of carbonyl (C=O) groups is 1.